The Labute approximate surface area is 166 Å². The topological polar surface area (TPSA) is 102 Å². The summed E-state index contributed by atoms with van der Waals surface area (Å²) >= 11 is 0. The van der Waals surface area contributed by atoms with Crippen LogP contribution in [0.25, 0.3) is 0 Å². The van der Waals surface area contributed by atoms with Gasteiger partial charge in [-0.1, -0.05) is 6.07 Å². The van der Waals surface area contributed by atoms with E-state index in [1.54, 1.807) is 19.1 Å². The molecule has 2 aromatic rings. The number of anilines is 1. The zero-order chi connectivity index (χ0) is 21.4. The van der Waals surface area contributed by atoms with Crippen molar-refractivity contribution in [2.24, 2.45) is 5.73 Å². The van der Waals surface area contributed by atoms with Crippen LogP contribution in [0, 0.1) is 0 Å². The molecule has 0 atom stereocenters. The summed E-state index contributed by atoms with van der Waals surface area (Å²) < 4.78 is 29.0. The molecule has 0 spiro atoms. The Morgan fingerprint density at radius 2 is 1.79 bits per heavy atom. The monoisotopic (exact) mass is 405 g/mol. The number of ether oxygens (including phenoxy) is 1. The summed E-state index contributed by atoms with van der Waals surface area (Å²) in [5.74, 6) is -1.40. The van der Waals surface area contributed by atoms with Crippen molar-refractivity contribution in [2.45, 2.75) is 20.0 Å². The van der Waals surface area contributed by atoms with Gasteiger partial charge < -0.3 is 20.7 Å². The van der Waals surface area contributed by atoms with E-state index in [4.69, 9.17) is 5.73 Å². The average Bonchev–Trinajstić information content (AvgIpc) is 2.68. The molecule has 0 bridgehead atoms. The zero-order valence-electron chi connectivity index (χ0n) is 15.7. The minimum absolute atomic E-state index is 0.0321. The Morgan fingerprint density at radius 3 is 2.38 bits per heavy atom. The molecule has 0 unspecified atom stereocenters. The molecule has 3 N–H and O–H groups in total. The van der Waals surface area contributed by atoms with Crippen LogP contribution in [0.1, 0.15) is 34.1 Å². The molecule has 0 saturated heterocycles. The molecule has 7 nitrogen and oxygen atoms in total. The summed E-state index contributed by atoms with van der Waals surface area (Å²) in [4.78, 5) is 37.2. The van der Waals surface area contributed by atoms with Crippen molar-refractivity contribution >= 4 is 23.4 Å². The molecule has 2 rings (SSSR count). The predicted octanol–water partition coefficient (Wildman–Crippen LogP) is 2.88. The van der Waals surface area contributed by atoms with Crippen molar-refractivity contribution in [3.63, 3.8) is 0 Å². The van der Waals surface area contributed by atoms with Gasteiger partial charge in [0.25, 0.3) is 5.91 Å². The number of hydrogen-bond acceptors (Lipinski definition) is 4. The van der Waals surface area contributed by atoms with Gasteiger partial charge in [-0.3, -0.25) is 14.4 Å². The molecule has 0 aliphatic rings. The maximum Gasteiger partial charge on any atom is 0.387 e. The van der Waals surface area contributed by atoms with E-state index < -0.39 is 18.4 Å². The summed E-state index contributed by atoms with van der Waals surface area (Å²) in [6, 6.07) is 11.6. The van der Waals surface area contributed by atoms with Gasteiger partial charge in [0.15, 0.2) is 0 Å². The van der Waals surface area contributed by atoms with Crippen molar-refractivity contribution < 1.29 is 27.9 Å². The highest BCUT2D eigenvalue weighted by Crippen LogP contribution is 2.17. The van der Waals surface area contributed by atoms with Gasteiger partial charge in [0.2, 0.25) is 11.8 Å². The van der Waals surface area contributed by atoms with Crippen LogP contribution in [-0.2, 0) is 4.79 Å². The Morgan fingerprint density at radius 1 is 1.10 bits per heavy atom. The third-order valence-electron chi connectivity index (χ3n) is 4.04. The van der Waals surface area contributed by atoms with Gasteiger partial charge in [0.05, 0.1) is 0 Å². The highest BCUT2D eigenvalue weighted by atomic mass is 19.3. The second-order valence-corrected chi connectivity index (χ2v) is 6.03. The van der Waals surface area contributed by atoms with Crippen LogP contribution in [0.5, 0.6) is 5.75 Å². The second kappa shape index (κ2) is 10.2. The number of nitrogens with zero attached hydrogens (tertiary/aromatic N) is 1. The Balaban J connectivity index is 1.94. The quantitative estimate of drug-likeness (QED) is 0.670. The van der Waals surface area contributed by atoms with E-state index in [1.165, 1.54) is 41.3 Å². The highest BCUT2D eigenvalue weighted by Gasteiger charge is 2.17. The van der Waals surface area contributed by atoms with Crippen LogP contribution in [0.4, 0.5) is 14.5 Å². The standard InChI is InChI=1S/C20H21F2N3O4/c1-2-25(19(28)14-4-3-5-16(12-14)29-20(21)22)11-10-17(26)24-15-8-6-13(7-9-15)18(23)27/h3-9,12,20H,2,10-11H2,1H3,(H2,23,27)(H,24,26). The fraction of sp³-hybridized carbons (Fsp3) is 0.250. The number of primary amides is 1. The molecular weight excluding hydrogens is 384 g/mol. The third-order valence-corrected chi connectivity index (χ3v) is 4.04. The first kappa shape index (κ1) is 21.8. The Hall–Kier alpha value is -3.49. The maximum absolute atomic E-state index is 12.6. The highest BCUT2D eigenvalue weighted by molar-refractivity contribution is 5.96. The molecule has 154 valence electrons. The zero-order valence-corrected chi connectivity index (χ0v) is 15.7. The van der Waals surface area contributed by atoms with E-state index in [0.29, 0.717) is 17.8 Å². The van der Waals surface area contributed by atoms with Crippen molar-refractivity contribution in [2.75, 3.05) is 18.4 Å². The number of halogens is 2. The second-order valence-electron chi connectivity index (χ2n) is 6.03. The van der Waals surface area contributed by atoms with Crippen LogP contribution in [0.2, 0.25) is 0 Å². The number of benzene rings is 2. The first-order valence-corrected chi connectivity index (χ1v) is 8.84. The van der Waals surface area contributed by atoms with E-state index in [-0.39, 0.29) is 30.2 Å². The first-order valence-electron chi connectivity index (χ1n) is 8.84. The van der Waals surface area contributed by atoms with Gasteiger partial charge in [-0.15, -0.1) is 0 Å². The molecule has 0 aromatic heterocycles. The van der Waals surface area contributed by atoms with Gasteiger partial charge in [-0.25, -0.2) is 0 Å². The Bertz CT molecular complexity index is 872. The molecule has 0 radical (unpaired) electrons. The minimum Gasteiger partial charge on any atom is -0.435 e. The lowest BCUT2D eigenvalue weighted by molar-refractivity contribution is -0.116. The largest absolute Gasteiger partial charge is 0.435 e. The summed E-state index contributed by atoms with van der Waals surface area (Å²) in [5.41, 5.74) is 6.16. The van der Waals surface area contributed by atoms with Crippen molar-refractivity contribution in [1.82, 2.24) is 4.90 Å². The summed E-state index contributed by atoms with van der Waals surface area (Å²) in [6.07, 6.45) is 0.0321. The number of rotatable bonds is 9. The molecule has 0 saturated carbocycles. The molecule has 0 heterocycles. The number of nitrogens with one attached hydrogen (secondary N) is 1. The SMILES string of the molecule is CCN(CCC(=O)Nc1ccc(C(N)=O)cc1)C(=O)c1cccc(OC(F)F)c1. The van der Waals surface area contributed by atoms with Gasteiger partial charge in [-0.05, 0) is 49.4 Å². The van der Waals surface area contributed by atoms with Gasteiger partial charge >= 0.3 is 6.61 Å². The van der Waals surface area contributed by atoms with Crippen LogP contribution < -0.4 is 15.8 Å². The number of amides is 3. The first-order chi connectivity index (χ1) is 13.8. The average molecular weight is 405 g/mol. The predicted molar refractivity (Wildman–Crippen MR) is 103 cm³/mol. The summed E-state index contributed by atoms with van der Waals surface area (Å²) in [6.45, 7) is -0.763. The van der Waals surface area contributed by atoms with Crippen LogP contribution >= 0.6 is 0 Å². The number of carbonyl (C=O) groups excluding carboxylic acids is 3. The smallest absolute Gasteiger partial charge is 0.387 e. The number of alkyl halides is 2. The van der Waals surface area contributed by atoms with Crippen LogP contribution in [-0.4, -0.2) is 42.3 Å². The van der Waals surface area contributed by atoms with Crippen molar-refractivity contribution in [1.29, 1.82) is 0 Å². The lowest BCUT2D eigenvalue weighted by Gasteiger charge is -2.21. The Kier molecular flexibility index (Phi) is 7.64. The van der Waals surface area contributed by atoms with E-state index in [2.05, 4.69) is 10.1 Å². The van der Waals surface area contributed by atoms with Crippen LogP contribution in [0.15, 0.2) is 48.5 Å². The van der Waals surface area contributed by atoms with E-state index in [0.717, 1.165) is 0 Å². The lowest BCUT2D eigenvalue weighted by Crippen LogP contribution is -2.33. The van der Waals surface area contributed by atoms with Gasteiger partial charge in [-0.2, -0.15) is 8.78 Å². The number of nitrogens with two attached hydrogens (primary N) is 1. The van der Waals surface area contributed by atoms with E-state index in [1.807, 2.05) is 0 Å². The number of carbonyl (C=O) groups is 3. The fourth-order valence-electron chi connectivity index (χ4n) is 2.57. The third kappa shape index (κ3) is 6.56. The fourth-order valence-corrected chi connectivity index (χ4v) is 2.57. The summed E-state index contributed by atoms with van der Waals surface area (Å²) in [7, 11) is 0. The molecular formula is C20H21F2N3O4. The molecule has 29 heavy (non-hydrogen) atoms. The van der Waals surface area contributed by atoms with E-state index in [9.17, 15) is 23.2 Å². The van der Waals surface area contributed by atoms with Gasteiger partial charge in [0.1, 0.15) is 5.75 Å². The summed E-state index contributed by atoms with van der Waals surface area (Å²) in [5, 5.41) is 2.66. The lowest BCUT2D eigenvalue weighted by atomic mass is 10.1. The van der Waals surface area contributed by atoms with Gasteiger partial charge in [0, 0.05) is 36.3 Å². The molecule has 2 aromatic carbocycles. The van der Waals surface area contributed by atoms with Crippen molar-refractivity contribution in [3.8, 4) is 5.75 Å². The normalized spacial score (nSPS) is 10.5. The molecule has 9 heteroatoms. The maximum atomic E-state index is 12.6. The van der Waals surface area contributed by atoms with E-state index >= 15 is 0 Å². The molecule has 0 aliphatic carbocycles. The van der Waals surface area contributed by atoms with Crippen LogP contribution in [0.3, 0.4) is 0 Å². The molecule has 3 amide bonds. The molecule has 0 fully saturated rings. The minimum atomic E-state index is -2.98. The number of hydrogen-bond donors (Lipinski definition) is 2. The molecule has 0 aliphatic heterocycles. The van der Waals surface area contributed by atoms with Crippen molar-refractivity contribution in [3.05, 3.63) is 59.7 Å².